The van der Waals surface area contributed by atoms with Crippen molar-refractivity contribution in [1.82, 2.24) is 0 Å². The van der Waals surface area contributed by atoms with Crippen LogP contribution >= 0.6 is 0 Å². The van der Waals surface area contributed by atoms with E-state index >= 15 is 0 Å². The Balaban J connectivity index is 1.78. The maximum absolute atomic E-state index is 10.4. The lowest BCUT2D eigenvalue weighted by atomic mass is 9.98. The third-order valence-electron chi connectivity index (χ3n) is 4.77. The van der Waals surface area contributed by atoms with Crippen LogP contribution in [0.25, 0.3) is 0 Å². The first kappa shape index (κ1) is 21.6. The molecule has 0 amide bonds. The Kier molecular flexibility index (Phi) is 8.37. The van der Waals surface area contributed by atoms with Gasteiger partial charge in [-0.3, -0.25) is 0 Å². The first-order valence-corrected chi connectivity index (χ1v) is 9.71. The Morgan fingerprint density at radius 2 is 1.38 bits per heavy atom. The number of benzene rings is 2. The number of hydrogen-bond donors (Lipinski definition) is 2. The molecule has 6 nitrogen and oxygen atoms in total. The highest BCUT2D eigenvalue weighted by Gasteiger charge is 2.47. The van der Waals surface area contributed by atoms with Gasteiger partial charge in [-0.2, -0.15) is 0 Å². The van der Waals surface area contributed by atoms with Gasteiger partial charge in [0.05, 0.1) is 26.4 Å². The van der Waals surface area contributed by atoms with E-state index in [-0.39, 0.29) is 13.2 Å². The Hall–Kier alpha value is -2.06. The summed E-state index contributed by atoms with van der Waals surface area (Å²) in [4.78, 5) is 0. The lowest BCUT2D eigenvalue weighted by Crippen LogP contribution is -2.61. The molecule has 0 aromatic heterocycles. The molecule has 1 heterocycles. The molecule has 0 aliphatic carbocycles. The SMILES string of the molecule is C=CCO[C@@H]1[C@@H](OCc2ccccc2)[C@H](OCc2ccccc2)[C@H](CO)O[C@@H]1O. The molecule has 2 aromatic carbocycles. The largest absolute Gasteiger partial charge is 0.394 e. The van der Waals surface area contributed by atoms with Crippen LogP contribution in [0.4, 0.5) is 0 Å². The topological polar surface area (TPSA) is 77.4 Å². The molecule has 1 aliphatic heterocycles. The molecule has 0 unspecified atom stereocenters. The molecule has 0 saturated carbocycles. The summed E-state index contributed by atoms with van der Waals surface area (Å²) in [5.41, 5.74) is 1.97. The fourth-order valence-corrected chi connectivity index (χ4v) is 3.32. The molecule has 6 heteroatoms. The van der Waals surface area contributed by atoms with E-state index in [4.69, 9.17) is 18.9 Å². The zero-order valence-electron chi connectivity index (χ0n) is 16.3. The van der Waals surface area contributed by atoms with Gasteiger partial charge in [-0.15, -0.1) is 6.58 Å². The predicted molar refractivity (Wildman–Crippen MR) is 108 cm³/mol. The van der Waals surface area contributed by atoms with Crippen LogP contribution < -0.4 is 0 Å². The average Bonchev–Trinajstić information content (AvgIpc) is 2.77. The van der Waals surface area contributed by atoms with Crippen LogP contribution in [-0.4, -0.2) is 54.1 Å². The van der Waals surface area contributed by atoms with E-state index in [2.05, 4.69) is 6.58 Å². The third kappa shape index (κ3) is 5.96. The lowest BCUT2D eigenvalue weighted by Gasteiger charge is -2.44. The third-order valence-corrected chi connectivity index (χ3v) is 4.77. The summed E-state index contributed by atoms with van der Waals surface area (Å²) >= 11 is 0. The molecule has 0 bridgehead atoms. The molecular formula is C23H28O6. The van der Waals surface area contributed by atoms with E-state index in [1.165, 1.54) is 0 Å². The van der Waals surface area contributed by atoms with E-state index in [1.54, 1.807) is 6.08 Å². The minimum absolute atomic E-state index is 0.228. The highest BCUT2D eigenvalue weighted by Crippen LogP contribution is 2.28. The van der Waals surface area contributed by atoms with Crippen molar-refractivity contribution in [2.24, 2.45) is 0 Å². The minimum Gasteiger partial charge on any atom is -0.394 e. The number of rotatable bonds is 10. The smallest absolute Gasteiger partial charge is 0.184 e. The van der Waals surface area contributed by atoms with Crippen LogP contribution in [0, 0.1) is 0 Å². The van der Waals surface area contributed by atoms with Gasteiger partial charge in [-0.1, -0.05) is 66.7 Å². The molecule has 156 valence electrons. The molecule has 0 radical (unpaired) electrons. The first-order chi connectivity index (χ1) is 14.2. The summed E-state index contributed by atoms with van der Waals surface area (Å²) in [6, 6.07) is 19.4. The second-order valence-electron chi connectivity index (χ2n) is 6.86. The van der Waals surface area contributed by atoms with E-state index < -0.39 is 30.7 Å². The summed E-state index contributed by atoms with van der Waals surface area (Å²) in [5.74, 6) is 0. The van der Waals surface area contributed by atoms with Crippen LogP contribution in [0.1, 0.15) is 11.1 Å². The second kappa shape index (κ2) is 11.2. The number of ether oxygens (including phenoxy) is 4. The zero-order valence-corrected chi connectivity index (χ0v) is 16.3. The van der Waals surface area contributed by atoms with Gasteiger partial charge in [0.15, 0.2) is 6.29 Å². The monoisotopic (exact) mass is 400 g/mol. The summed E-state index contributed by atoms with van der Waals surface area (Å²) in [6.45, 7) is 4.21. The van der Waals surface area contributed by atoms with Crippen molar-refractivity contribution in [3.05, 3.63) is 84.4 Å². The van der Waals surface area contributed by atoms with E-state index in [0.29, 0.717) is 13.2 Å². The molecule has 1 aliphatic rings. The second-order valence-corrected chi connectivity index (χ2v) is 6.86. The van der Waals surface area contributed by atoms with Crippen LogP contribution in [0.3, 0.4) is 0 Å². The molecular weight excluding hydrogens is 372 g/mol. The number of aliphatic hydroxyl groups is 2. The maximum atomic E-state index is 10.4. The summed E-state index contributed by atoms with van der Waals surface area (Å²) in [5, 5.41) is 20.3. The average molecular weight is 400 g/mol. The standard InChI is InChI=1S/C23H28O6/c1-2-13-26-22-21(28-16-18-11-7-4-8-12-18)20(19(14-24)29-23(22)25)27-15-17-9-5-3-6-10-17/h2-12,19-25H,1,13-16H2/t19-,20+,21-,22+,23-/m0/s1. The van der Waals surface area contributed by atoms with Crippen molar-refractivity contribution in [2.45, 2.75) is 43.9 Å². The van der Waals surface area contributed by atoms with Gasteiger partial charge in [-0.25, -0.2) is 0 Å². The predicted octanol–water partition coefficient (Wildman–Crippen LogP) is 2.44. The highest BCUT2D eigenvalue weighted by atomic mass is 16.7. The molecule has 1 fully saturated rings. The van der Waals surface area contributed by atoms with Crippen molar-refractivity contribution >= 4 is 0 Å². The fourth-order valence-electron chi connectivity index (χ4n) is 3.32. The Bertz CT molecular complexity index is 723. The molecule has 2 aromatic rings. The van der Waals surface area contributed by atoms with Gasteiger partial charge >= 0.3 is 0 Å². The van der Waals surface area contributed by atoms with Gasteiger partial charge in [0.25, 0.3) is 0 Å². The summed E-state index contributed by atoms with van der Waals surface area (Å²) in [6.07, 6.45) is -2.43. The Labute approximate surface area is 171 Å². The molecule has 1 saturated heterocycles. The number of hydrogen-bond acceptors (Lipinski definition) is 6. The summed E-state index contributed by atoms with van der Waals surface area (Å²) in [7, 11) is 0. The fraction of sp³-hybridized carbons (Fsp3) is 0.391. The van der Waals surface area contributed by atoms with E-state index in [1.807, 2.05) is 60.7 Å². The van der Waals surface area contributed by atoms with Crippen LogP contribution in [-0.2, 0) is 32.2 Å². The molecule has 5 atom stereocenters. The van der Waals surface area contributed by atoms with Gasteiger partial charge in [0, 0.05) is 0 Å². The molecule has 2 N–H and O–H groups in total. The van der Waals surface area contributed by atoms with Crippen molar-refractivity contribution in [1.29, 1.82) is 0 Å². The van der Waals surface area contributed by atoms with Gasteiger partial charge in [0.2, 0.25) is 0 Å². The number of aliphatic hydroxyl groups excluding tert-OH is 2. The first-order valence-electron chi connectivity index (χ1n) is 9.71. The van der Waals surface area contributed by atoms with Crippen molar-refractivity contribution in [2.75, 3.05) is 13.2 Å². The van der Waals surface area contributed by atoms with Crippen molar-refractivity contribution in [3.63, 3.8) is 0 Å². The van der Waals surface area contributed by atoms with Crippen molar-refractivity contribution in [3.8, 4) is 0 Å². The highest BCUT2D eigenvalue weighted by molar-refractivity contribution is 5.14. The van der Waals surface area contributed by atoms with Crippen LogP contribution in [0.2, 0.25) is 0 Å². The van der Waals surface area contributed by atoms with Crippen LogP contribution in [0.15, 0.2) is 73.3 Å². The molecule has 0 spiro atoms. The van der Waals surface area contributed by atoms with Gasteiger partial charge in [0.1, 0.15) is 24.4 Å². The quantitative estimate of drug-likeness (QED) is 0.597. The Morgan fingerprint density at radius 3 is 1.90 bits per heavy atom. The van der Waals surface area contributed by atoms with Crippen molar-refractivity contribution < 1.29 is 29.2 Å². The summed E-state index contributed by atoms with van der Waals surface area (Å²) < 4.78 is 23.6. The van der Waals surface area contributed by atoms with Crippen LogP contribution in [0.5, 0.6) is 0 Å². The normalized spacial score (nSPS) is 26.9. The zero-order chi connectivity index (χ0) is 20.5. The molecule has 3 rings (SSSR count). The lowest BCUT2D eigenvalue weighted by molar-refractivity contribution is -0.312. The van der Waals surface area contributed by atoms with E-state index in [9.17, 15) is 10.2 Å². The molecule has 29 heavy (non-hydrogen) atoms. The minimum atomic E-state index is -1.25. The van der Waals surface area contributed by atoms with E-state index in [0.717, 1.165) is 11.1 Å². The Morgan fingerprint density at radius 1 is 0.828 bits per heavy atom. The maximum Gasteiger partial charge on any atom is 0.184 e. The van der Waals surface area contributed by atoms with Gasteiger partial charge < -0.3 is 29.2 Å². The van der Waals surface area contributed by atoms with Gasteiger partial charge in [-0.05, 0) is 11.1 Å².